The molecule has 0 amide bonds. The van der Waals surface area contributed by atoms with E-state index in [4.69, 9.17) is 16.3 Å². The summed E-state index contributed by atoms with van der Waals surface area (Å²) in [5.74, 6) is 0. The fraction of sp³-hybridized carbons (Fsp3) is 0.571. The standard InChI is InChI=1S/C14H20ClNO/c1-16-14(8-7-13-6-3-9-17-13)11-4-2-5-12(15)10-11/h2,4-5,10,13-14,16H,3,6-9H2,1H3. The van der Waals surface area contributed by atoms with Crippen molar-refractivity contribution in [2.24, 2.45) is 0 Å². The van der Waals surface area contributed by atoms with E-state index in [9.17, 15) is 0 Å². The van der Waals surface area contributed by atoms with Gasteiger partial charge < -0.3 is 10.1 Å². The second-order valence-electron chi connectivity index (χ2n) is 4.61. The molecule has 3 heteroatoms. The van der Waals surface area contributed by atoms with Crippen molar-refractivity contribution in [2.45, 2.75) is 37.8 Å². The van der Waals surface area contributed by atoms with Crippen molar-refractivity contribution < 1.29 is 4.74 Å². The first-order chi connectivity index (χ1) is 8.29. The minimum absolute atomic E-state index is 0.373. The summed E-state index contributed by atoms with van der Waals surface area (Å²) in [6.45, 7) is 0.937. The average Bonchev–Trinajstić information content (AvgIpc) is 2.83. The predicted octanol–water partition coefficient (Wildman–Crippen LogP) is 3.56. The number of benzene rings is 1. The van der Waals surface area contributed by atoms with Gasteiger partial charge >= 0.3 is 0 Å². The Hall–Kier alpha value is -0.570. The van der Waals surface area contributed by atoms with Crippen LogP contribution in [0.25, 0.3) is 0 Å². The highest BCUT2D eigenvalue weighted by atomic mass is 35.5. The quantitative estimate of drug-likeness (QED) is 0.866. The molecule has 1 saturated heterocycles. The third kappa shape index (κ3) is 3.70. The van der Waals surface area contributed by atoms with Crippen molar-refractivity contribution in [1.82, 2.24) is 5.32 Å². The van der Waals surface area contributed by atoms with Crippen molar-refractivity contribution in [1.29, 1.82) is 0 Å². The lowest BCUT2D eigenvalue weighted by molar-refractivity contribution is 0.0998. The summed E-state index contributed by atoms with van der Waals surface area (Å²) in [5.41, 5.74) is 1.26. The van der Waals surface area contributed by atoms with Crippen LogP contribution in [0.1, 0.15) is 37.3 Å². The molecule has 0 aromatic heterocycles. The van der Waals surface area contributed by atoms with Crippen LogP contribution in [0.3, 0.4) is 0 Å². The van der Waals surface area contributed by atoms with E-state index in [0.29, 0.717) is 12.1 Å². The Kier molecular flexibility index (Phi) is 4.84. The molecule has 1 N–H and O–H groups in total. The van der Waals surface area contributed by atoms with Gasteiger partial charge in [0.05, 0.1) is 6.10 Å². The number of hydrogen-bond donors (Lipinski definition) is 1. The Bertz CT molecular complexity index is 350. The van der Waals surface area contributed by atoms with E-state index >= 15 is 0 Å². The summed E-state index contributed by atoms with van der Waals surface area (Å²) in [5, 5.41) is 4.16. The van der Waals surface area contributed by atoms with Crippen molar-refractivity contribution in [3.05, 3.63) is 34.9 Å². The van der Waals surface area contributed by atoms with Crippen molar-refractivity contribution >= 4 is 11.6 Å². The number of rotatable bonds is 5. The van der Waals surface area contributed by atoms with Gasteiger partial charge in [0, 0.05) is 17.7 Å². The molecule has 2 nitrogen and oxygen atoms in total. The highest BCUT2D eigenvalue weighted by Crippen LogP contribution is 2.25. The molecule has 1 aromatic carbocycles. The maximum absolute atomic E-state index is 6.02. The molecule has 1 aliphatic heterocycles. The number of nitrogens with one attached hydrogen (secondary N) is 1. The molecule has 0 saturated carbocycles. The van der Waals surface area contributed by atoms with E-state index in [0.717, 1.165) is 24.5 Å². The van der Waals surface area contributed by atoms with Crippen LogP contribution in [0.5, 0.6) is 0 Å². The van der Waals surface area contributed by atoms with Crippen LogP contribution in [-0.4, -0.2) is 19.8 Å². The molecular formula is C14H20ClNO. The molecule has 1 aliphatic rings. The molecule has 2 rings (SSSR count). The van der Waals surface area contributed by atoms with Crippen LogP contribution in [0.2, 0.25) is 5.02 Å². The molecule has 0 aliphatic carbocycles. The lowest BCUT2D eigenvalue weighted by Gasteiger charge is -2.18. The van der Waals surface area contributed by atoms with Crippen molar-refractivity contribution in [3.63, 3.8) is 0 Å². The van der Waals surface area contributed by atoms with Crippen LogP contribution in [-0.2, 0) is 4.74 Å². The second kappa shape index (κ2) is 6.39. The normalized spacial score (nSPS) is 21.6. The first kappa shape index (κ1) is 12.9. The van der Waals surface area contributed by atoms with Gasteiger partial charge in [-0.3, -0.25) is 0 Å². The zero-order valence-corrected chi connectivity index (χ0v) is 11.0. The molecule has 17 heavy (non-hydrogen) atoms. The van der Waals surface area contributed by atoms with Gasteiger partial charge in [0.2, 0.25) is 0 Å². The number of halogens is 1. The third-order valence-electron chi connectivity index (χ3n) is 3.40. The number of hydrogen-bond acceptors (Lipinski definition) is 2. The van der Waals surface area contributed by atoms with E-state index in [2.05, 4.69) is 11.4 Å². The molecule has 1 aromatic rings. The monoisotopic (exact) mass is 253 g/mol. The zero-order chi connectivity index (χ0) is 12.1. The molecule has 1 fully saturated rings. The first-order valence-corrected chi connectivity index (χ1v) is 6.71. The van der Waals surface area contributed by atoms with Crippen LogP contribution < -0.4 is 5.32 Å². The highest BCUT2D eigenvalue weighted by Gasteiger charge is 2.18. The maximum Gasteiger partial charge on any atom is 0.0576 e. The Morgan fingerprint density at radius 3 is 3.06 bits per heavy atom. The summed E-state index contributed by atoms with van der Waals surface area (Å²) < 4.78 is 5.65. The summed E-state index contributed by atoms with van der Waals surface area (Å²) in [6.07, 6.45) is 5.11. The van der Waals surface area contributed by atoms with Crippen LogP contribution >= 0.6 is 11.6 Å². The predicted molar refractivity (Wildman–Crippen MR) is 71.5 cm³/mol. The van der Waals surface area contributed by atoms with Gasteiger partial charge in [-0.2, -0.15) is 0 Å². The molecule has 94 valence electrons. The van der Waals surface area contributed by atoms with Gasteiger partial charge in [0.1, 0.15) is 0 Å². The zero-order valence-electron chi connectivity index (χ0n) is 10.3. The van der Waals surface area contributed by atoms with Crippen LogP contribution in [0, 0.1) is 0 Å². The van der Waals surface area contributed by atoms with E-state index in [-0.39, 0.29) is 0 Å². The summed E-state index contributed by atoms with van der Waals surface area (Å²) in [6, 6.07) is 8.46. The third-order valence-corrected chi connectivity index (χ3v) is 3.64. The minimum atomic E-state index is 0.373. The van der Waals surface area contributed by atoms with Crippen LogP contribution in [0.15, 0.2) is 24.3 Å². The number of ether oxygens (including phenoxy) is 1. The molecule has 0 spiro atoms. The lowest BCUT2D eigenvalue weighted by Crippen LogP contribution is -2.18. The molecule has 2 atom stereocenters. The van der Waals surface area contributed by atoms with E-state index in [1.165, 1.54) is 18.4 Å². The fourth-order valence-electron chi connectivity index (χ4n) is 2.43. The van der Waals surface area contributed by atoms with Crippen molar-refractivity contribution in [3.8, 4) is 0 Å². The minimum Gasteiger partial charge on any atom is -0.378 e. The smallest absolute Gasteiger partial charge is 0.0576 e. The molecule has 0 bridgehead atoms. The first-order valence-electron chi connectivity index (χ1n) is 6.34. The van der Waals surface area contributed by atoms with Gasteiger partial charge in [-0.1, -0.05) is 23.7 Å². The summed E-state index contributed by atoms with van der Waals surface area (Å²) in [4.78, 5) is 0. The molecule has 0 radical (unpaired) electrons. The summed E-state index contributed by atoms with van der Waals surface area (Å²) >= 11 is 6.02. The Morgan fingerprint density at radius 1 is 1.53 bits per heavy atom. The van der Waals surface area contributed by atoms with E-state index in [1.54, 1.807) is 0 Å². The van der Waals surface area contributed by atoms with Gasteiger partial charge in [-0.05, 0) is 50.4 Å². The van der Waals surface area contributed by atoms with E-state index in [1.807, 2.05) is 25.2 Å². The topological polar surface area (TPSA) is 21.3 Å². The Labute approximate surface area is 108 Å². The maximum atomic E-state index is 6.02. The fourth-order valence-corrected chi connectivity index (χ4v) is 2.62. The van der Waals surface area contributed by atoms with Gasteiger partial charge in [-0.25, -0.2) is 0 Å². The molecule has 1 heterocycles. The van der Waals surface area contributed by atoms with Gasteiger partial charge in [-0.15, -0.1) is 0 Å². The molecule has 2 unspecified atom stereocenters. The molecular weight excluding hydrogens is 234 g/mol. The summed E-state index contributed by atoms with van der Waals surface area (Å²) in [7, 11) is 2.00. The average molecular weight is 254 g/mol. The second-order valence-corrected chi connectivity index (χ2v) is 5.05. The van der Waals surface area contributed by atoms with Crippen molar-refractivity contribution in [2.75, 3.05) is 13.7 Å². The SMILES string of the molecule is CNC(CCC1CCCO1)c1cccc(Cl)c1. The van der Waals surface area contributed by atoms with E-state index < -0.39 is 0 Å². The lowest BCUT2D eigenvalue weighted by atomic mass is 9.99. The van der Waals surface area contributed by atoms with Gasteiger partial charge in [0.25, 0.3) is 0 Å². The largest absolute Gasteiger partial charge is 0.378 e. The highest BCUT2D eigenvalue weighted by molar-refractivity contribution is 6.30. The van der Waals surface area contributed by atoms with Crippen LogP contribution in [0.4, 0.5) is 0 Å². The Morgan fingerprint density at radius 2 is 2.41 bits per heavy atom. The Balaban J connectivity index is 1.91. The van der Waals surface area contributed by atoms with Gasteiger partial charge in [0.15, 0.2) is 0 Å².